The lowest BCUT2D eigenvalue weighted by Gasteiger charge is -2.01. The Hall–Kier alpha value is -1.57. The highest BCUT2D eigenvalue weighted by Crippen LogP contribution is 2.08. The summed E-state index contributed by atoms with van der Waals surface area (Å²) >= 11 is 0. The second-order valence-electron chi connectivity index (χ2n) is 2.86. The van der Waals surface area contributed by atoms with Gasteiger partial charge in [0.05, 0.1) is 0 Å². The third kappa shape index (κ3) is 3.11. The van der Waals surface area contributed by atoms with Crippen LogP contribution >= 0.6 is 0 Å². The molecule has 0 aliphatic carbocycles. The molecule has 0 unspecified atom stereocenters. The molecule has 1 aromatic rings. The summed E-state index contributed by atoms with van der Waals surface area (Å²) in [6, 6.07) is 7.70. The molecule has 1 amide bonds. The molecule has 1 N–H and O–H groups in total. The quantitative estimate of drug-likeness (QED) is 0.686. The van der Waals surface area contributed by atoms with E-state index >= 15 is 0 Å². The van der Waals surface area contributed by atoms with Gasteiger partial charge in [0.15, 0.2) is 0 Å². The summed E-state index contributed by atoms with van der Waals surface area (Å²) in [6.07, 6.45) is 3.21. The minimum Gasteiger partial charge on any atom is -0.323 e. The Kier molecular flexibility index (Phi) is 3.26. The zero-order chi connectivity index (χ0) is 9.68. The van der Waals surface area contributed by atoms with Crippen molar-refractivity contribution in [2.75, 3.05) is 5.32 Å². The van der Waals surface area contributed by atoms with Crippen LogP contribution in [0.2, 0.25) is 0 Å². The summed E-state index contributed by atoms with van der Waals surface area (Å²) in [6.45, 7) is 3.83. The minimum atomic E-state index is -0.0913. The first-order valence-electron chi connectivity index (χ1n) is 4.22. The topological polar surface area (TPSA) is 29.1 Å². The molecule has 0 heterocycles. The van der Waals surface area contributed by atoms with Gasteiger partial charge in [-0.3, -0.25) is 4.79 Å². The van der Waals surface area contributed by atoms with Crippen LogP contribution in [-0.4, -0.2) is 5.91 Å². The molecule has 0 saturated carbocycles. The maximum atomic E-state index is 11.1. The molecule has 0 aliphatic heterocycles. The number of benzene rings is 1. The highest BCUT2D eigenvalue weighted by atomic mass is 16.1. The maximum Gasteiger partial charge on any atom is 0.248 e. The first-order valence-corrected chi connectivity index (χ1v) is 4.22. The van der Waals surface area contributed by atoms with E-state index in [-0.39, 0.29) is 5.91 Å². The molecule has 13 heavy (non-hydrogen) atoms. The van der Waals surface area contributed by atoms with Crippen molar-refractivity contribution < 1.29 is 4.79 Å². The molecule has 1 aromatic carbocycles. The fourth-order valence-electron chi connectivity index (χ4n) is 0.972. The average Bonchev–Trinajstić information content (AvgIpc) is 2.09. The van der Waals surface area contributed by atoms with Crippen LogP contribution in [0.25, 0.3) is 0 Å². The molecule has 0 fully saturated rings. The van der Waals surface area contributed by atoms with E-state index in [0.717, 1.165) is 5.69 Å². The van der Waals surface area contributed by atoms with Gasteiger partial charge in [-0.25, -0.2) is 0 Å². The molecule has 68 valence electrons. The maximum absolute atomic E-state index is 11.1. The van der Waals surface area contributed by atoms with Crippen LogP contribution in [0.4, 0.5) is 5.69 Å². The first kappa shape index (κ1) is 9.52. The Morgan fingerprint density at radius 1 is 1.31 bits per heavy atom. The third-order valence-corrected chi connectivity index (χ3v) is 1.64. The van der Waals surface area contributed by atoms with Crippen molar-refractivity contribution in [2.45, 2.75) is 13.8 Å². The monoisotopic (exact) mass is 174 g/mol. The number of hydrogen-bond acceptors (Lipinski definition) is 1. The molecule has 0 radical (unpaired) electrons. The Labute approximate surface area is 78.3 Å². The summed E-state index contributed by atoms with van der Waals surface area (Å²) in [7, 11) is 0. The molecule has 0 aromatic heterocycles. The standard InChI is InChI=1S/C11H13NO/c1-3-4-11(13)12-10-7-5-9(2)6-8-10/h3-8H,1-2H3,(H,12,13)/b4-3+/i11-1. The van der Waals surface area contributed by atoms with Crippen molar-refractivity contribution in [2.24, 2.45) is 0 Å². The molecule has 0 atom stereocenters. The Balaban J connectivity index is 2.64. The van der Waals surface area contributed by atoms with E-state index in [4.69, 9.17) is 0 Å². The molecule has 2 heteroatoms. The van der Waals surface area contributed by atoms with Crippen molar-refractivity contribution in [1.29, 1.82) is 0 Å². The van der Waals surface area contributed by atoms with Gasteiger partial charge in [-0.1, -0.05) is 23.8 Å². The van der Waals surface area contributed by atoms with E-state index in [1.165, 1.54) is 11.6 Å². The molecule has 0 spiro atoms. The average molecular weight is 174 g/mol. The molecule has 1 rings (SSSR count). The summed E-state index contributed by atoms with van der Waals surface area (Å²) < 4.78 is 0. The van der Waals surface area contributed by atoms with Crippen LogP contribution in [0.15, 0.2) is 36.4 Å². The van der Waals surface area contributed by atoms with Crippen LogP contribution in [0, 0.1) is 6.92 Å². The van der Waals surface area contributed by atoms with E-state index in [1.807, 2.05) is 38.1 Å². The molecule has 2 nitrogen and oxygen atoms in total. The number of aryl methyl sites for hydroxylation is 1. The van der Waals surface area contributed by atoms with Crippen molar-refractivity contribution in [3.05, 3.63) is 42.0 Å². The SMILES string of the molecule is C/C=C/[11C](=O)Nc1ccc(C)cc1. The lowest BCUT2D eigenvalue weighted by Crippen LogP contribution is -2.07. The van der Waals surface area contributed by atoms with E-state index in [2.05, 4.69) is 5.32 Å². The number of hydrogen-bond donors (Lipinski definition) is 1. The number of carbonyl (C=O) groups excluding carboxylic acids is 1. The molecule has 0 saturated heterocycles. The van der Waals surface area contributed by atoms with E-state index in [9.17, 15) is 4.79 Å². The Morgan fingerprint density at radius 2 is 1.92 bits per heavy atom. The number of rotatable bonds is 2. The van der Waals surface area contributed by atoms with Gasteiger partial charge in [0.25, 0.3) is 0 Å². The van der Waals surface area contributed by atoms with Gasteiger partial charge in [-0.2, -0.15) is 0 Å². The third-order valence-electron chi connectivity index (χ3n) is 1.64. The van der Waals surface area contributed by atoms with Crippen molar-refractivity contribution in [3.8, 4) is 0 Å². The zero-order valence-corrected chi connectivity index (χ0v) is 7.87. The first-order chi connectivity index (χ1) is 6.22. The number of nitrogens with one attached hydrogen (secondary N) is 1. The normalized spacial score (nSPS) is 10.3. The van der Waals surface area contributed by atoms with Crippen LogP contribution < -0.4 is 5.32 Å². The summed E-state index contributed by atoms with van der Waals surface area (Å²) in [5, 5.41) is 2.74. The molecular formula is C11H13NO. The van der Waals surface area contributed by atoms with Crippen molar-refractivity contribution in [1.82, 2.24) is 0 Å². The van der Waals surface area contributed by atoms with E-state index in [0.29, 0.717) is 0 Å². The van der Waals surface area contributed by atoms with E-state index < -0.39 is 0 Å². The van der Waals surface area contributed by atoms with Gasteiger partial charge in [-0.05, 0) is 32.1 Å². The number of carbonyl (C=O) groups is 1. The fourth-order valence-corrected chi connectivity index (χ4v) is 0.972. The highest BCUT2D eigenvalue weighted by molar-refractivity contribution is 5.99. The van der Waals surface area contributed by atoms with E-state index in [1.54, 1.807) is 6.08 Å². The summed E-state index contributed by atoms with van der Waals surface area (Å²) in [5.41, 5.74) is 2.01. The largest absolute Gasteiger partial charge is 0.323 e. The Morgan fingerprint density at radius 3 is 2.46 bits per heavy atom. The van der Waals surface area contributed by atoms with Crippen molar-refractivity contribution in [3.63, 3.8) is 0 Å². The smallest absolute Gasteiger partial charge is 0.248 e. The molecule has 0 aliphatic rings. The van der Waals surface area contributed by atoms with Crippen molar-refractivity contribution >= 4 is 11.6 Å². The predicted molar refractivity (Wildman–Crippen MR) is 54.6 cm³/mol. The lowest BCUT2D eigenvalue weighted by atomic mass is 10.0. The number of allylic oxidation sites excluding steroid dienone is 1. The van der Waals surface area contributed by atoms with Gasteiger partial charge in [0, 0.05) is 5.69 Å². The minimum absolute atomic E-state index is 0.0913. The van der Waals surface area contributed by atoms with Gasteiger partial charge >= 0.3 is 0 Å². The second-order valence-corrected chi connectivity index (χ2v) is 2.86. The second kappa shape index (κ2) is 4.45. The number of amides is 1. The van der Waals surface area contributed by atoms with Crippen LogP contribution in [-0.2, 0) is 4.79 Å². The van der Waals surface area contributed by atoms with Gasteiger partial charge in [0.1, 0.15) is 0 Å². The molecular weight excluding hydrogens is 161 g/mol. The van der Waals surface area contributed by atoms with Gasteiger partial charge < -0.3 is 5.32 Å². The molecule has 0 bridgehead atoms. The summed E-state index contributed by atoms with van der Waals surface area (Å²) in [5.74, 6) is -0.0913. The van der Waals surface area contributed by atoms with Crippen LogP contribution in [0.1, 0.15) is 12.5 Å². The summed E-state index contributed by atoms with van der Waals surface area (Å²) in [4.78, 5) is 11.1. The van der Waals surface area contributed by atoms with Crippen LogP contribution in [0.3, 0.4) is 0 Å². The lowest BCUT2D eigenvalue weighted by molar-refractivity contribution is -0.111. The van der Waals surface area contributed by atoms with Gasteiger partial charge in [0.2, 0.25) is 5.91 Å². The van der Waals surface area contributed by atoms with Crippen LogP contribution in [0.5, 0.6) is 0 Å². The van der Waals surface area contributed by atoms with Gasteiger partial charge in [-0.15, -0.1) is 0 Å². The highest BCUT2D eigenvalue weighted by Gasteiger charge is 1.95. The number of anilines is 1. The Bertz CT molecular complexity index is 311. The zero-order valence-electron chi connectivity index (χ0n) is 7.87. The fraction of sp³-hybridized carbons (Fsp3) is 0.182. The predicted octanol–water partition coefficient (Wildman–Crippen LogP) is 2.51.